The molecule has 0 aromatic rings. The zero-order valence-corrected chi connectivity index (χ0v) is 20.0. The average Bonchev–Trinajstić information content (AvgIpc) is 3.22. The maximum absolute atomic E-state index is 12.6. The molecule has 4 unspecified atom stereocenters. The maximum Gasteiger partial charge on any atom is 0.325 e. The predicted octanol–water partition coefficient (Wildman–Crippen LogP) is -0.371. The smallest absolute Gasteiger partial charge is 0.325 e. The topological polar surface area (TPSA) is 162 Å². The van der Waals surface area contributed by atoms with Gasteiger partial charge in [-0.1, -0.05) is 0 Å². The minimum atomic E-state index is -1.16. The molecule has 4 atom stereocenters. The summed E-state index contributed by atoms with van der Waals surface area (Å²) in [6, 6.07) is -3.51. The number of aliphatic carboxylic acids is 1. The number of carbonyl (C=O) groups excluding carboxylic acids is 5. The Bertz CT molecular complexity index is 714. The molecule has 0 aliphatic carbocycles. The van der Waals surface area contributed by atoms with E-state index in [1.807, 2.05) is 0 Å². The monoisotopic (exact) mass is 496 g/mol. The van der Waals surface area contributed by atoms with Crippen LogP contribution in [0.2, 0.25) is 0 Å². The molecule has 182 valence electrons. The summed E-state index contributed by atoms with van der Waals surface area (Å²) in [7, 11) is 0. The van der Waals surface area contributed by atoms with Crippen LogP contribution in [0.4, 0.5) is 0 Å². The van der Waals surface area contributed by atoms with Crippen LogP contribution >= 0.6 is 23.2 Å². The van der Waals surface area contributed by atoms with Gasteiger partial charge in [-0.2, -0.15) is 0 Å². The van der Waals surface area contributed by atoms with Gasteiger partial charge >= 0.3 is 5.97 Å². The number of Topliss-reactive ketones (excluding diaryl/α,β-unsaturated/α-hetero) is 1. The van der Waals surface area contributed by atoms with Crippen LogP contribution in [0.3, 0.4) is 0 Å². The molecule has 11 nitrogen and oxygen atoms in total. The molecule has 1 fully saturated rings. The van der Waals surface area contributed by atoms with E-state index in [4.69, 9.17) is 28.3 Å². The first-order valence-corrected chi connectivity index (χ1v) is 11.0. The van der Waals surface area contributed by atoms with Gasteiger partial charge in [-0.3, -0.25) is 28.8 Å². The van der Waals surface area contributed by atoms with Crippen molar-refractivity contribution in [2.24, 2.45) is 0 Å². The van der Waals surface area contributed by atoms with E-state index in [0.717, 1.165) is 0 Å². The SMILES string of the molecule is CC(=O)NC(C)C(=O)NC(C)C(=O)N1CCCC1C(=O)NC(C)C(=O)O.O=C(CCl)CCl. The van der Waals surface area contributed by atoms with Crippen LogP contribution < -0.4 is 16.0 Å². The molecule has 0 aromatic carbocycles. The number of ketones is 1. The molecule has 0 bridgehead atoms. The lowest BCUT2D eigenvalue weighted by Gasteiger charge is -2.28. The van der Waals surface area contributed by atoms with Gasteiger partial charge in [-0.05, 0) is 33.6 Å². The van der Waals surface area contributed by atoms with Crippen LogP contribution in [0.15, 0.2) is 0 Å². The molecule has 1 saturated heterocycles. The van der Waals surface area contributed by atoms with Crippen molar-refractivity contribution in [2.75, 3.05) is 18.3 Å². The number of hydrogen-bond acceptors (Lipinski definition) is 6. The number of nitrogens with one attached hydrogen (secondary N) is 3. The van der Waals surface area contributed by atoms with E-state index >= 15 is 0 Å². The normalized spacial score (nSPS) is 17.7. The summed E-state index contributed by atoms with van der Waals surface area (Å²) in [6.45, 7) is 5.96. The predicted molar refractivity (Wildman–Crippen MR) is 117 cm³/mol. The Kier molecular flexibility index (Phi) is 13.5. The molecule has 1 aliphatic heterocycles. The lowest BCUT2D eigenvalue weighted by molar-refractivity contribution is -0.144. The molecule has 32 heavy (non-hydrogen) atoms. The number of nitrogens with zero attached hydrogens (tertiary/aromatic N) is 1. The van der Waals surface area contributed by atoms with Crippen molar-refractivity contribution in [3.8, 4) is 0 Å². The highest BCUT2D eigenvalue weighted by Crippen LogP contribution is 2.18. The third kappa shape index (κ3) is 10.3. The molecule has 1 aliphatic rings. The van der Waals surface area contributed by atoms with Gasteiger partial charge < -0.3 is 26.0 Å². The second kappa shape index (κ2) is 14.6. The minimum Gasteiger partial charge on any atom is -0.480 e. The zero-order valence-electron chi connectivity index (χ0n) is 18.4. The molecular formula is C19H30Cl2N4O7. The fraction of sp³-hybridized carbons (Fsp3) is 0.684. The average molecular weight is 497 g/mol. The summed E-state index contributed by atoms with van der Waals surface area (Å²) in [5.41, 5.74) is 0. The van der Waals surface area contributed by atoms with Crippen molar-refractivity contribution in [3.05, 3.63) is 0 Å². The van der Waals surface area contributed by atoms with E-state index in [0.29, 0.717) is 19.4 Å². The lowest BCUT2D eigenvalue weighted by Crippen LogP contribution is -2.56. The summed E-state index contributed by atoms with van der Waals surface area (Å²) < 4.78 is 0. The first-order valence-electron chi connectivity index (χ1n) is 9.90. The van der Waals surface area contributed by atoms with Gasteiger partial charge in [0.2, 0.25) is 23.6 Å². The number of alkyl halides is 2. The number of carboxylic acids is 1. The number of amides is 4. The molecule has 1 heterocycles. The molecule has 0 saturated carbocycles. The Labute approximate surface area is 196 Å². The van der Waals surface area contributed by atoms with Crippen molar-refractivity contribution in [1.82, 2.24) is 20.9 Å². The number of carbonyl (C=O) groups is 6. The van der Waals surface area contributed by atoms with Gasteiger partial charge in [0.15, 0.2) is 5.78 Å². The van der Waals surface area contributed by atoms with Crippen LogP contribution in [0, 0.1) is 0 Å². The number of hydrogen-bond donors (Lipinski definition) is 4. The van der Waals surface area contributed by atoms with Gasteiger partial charge in [0, 0.05) is 13.5 Å². The fourth-order valence-electron chi connectivity index (χ4n) is 2.73. The molecule has 4 N–H and O–H groups in total. The van der Waals surface area contributed by atoms with Gasteiger partial charge in [-0.15, -0.1) is 23.2 Å². The van der Waals surface area contributed by atoms with Crippen LogP contribution in [0.25, 0.3) is 0 Å². The third-order valence-electron chi connectivity index (χ3n) is 4.41. The van der Waals surface area contributed by atoms with Crippen LogP contribution in [0.5, 0.6) is 0 Å². The summed E-state index contributed by atoms with van der Waals surface area (Å²) in [6.07, 6.45) is 1.03. The van der Waals surface area contributed by atoms with E-state index in [1.165, 1.54) is 32.6 Å². The maximum atomic E-state index is 12.6. The van der Waals surface area contributed by atoms with E-state index < -0.39 is 47.9 Å². The first kappa shape index (κ1) is 29.6. The Balaban J connectivity index is 0.00000140. The molecular weight excluding hydrogens is 467 g/mol. The molecule has 13 heteroatoms. The van der Waals surface area contributed by atoms with E-state index in [-0.39, 0.29) is 23.5 Å². The lowest BCUT2D eigenvalue weighted by atomic mass is 10.1. The minimum absolute atomic E-state index is 0.0312. The number of carboxylic acid groups (broad SMARTS) is 1. The standard InChI is InChI=1S/C16H26N4O6.C3H4Cl2O/c1-8(17-11(4)21)13(22)18-9(2)15(24)20-7-5-6-12(20)14(23)19-10(3)16(25)26;4-1-3(6)2-5/h8-10,12H,5-7H2,1-4H3,(H,17,21)(H,18,22)(H,19,23)(H,25,26);1-2H2. The quantitative estimate of drug-likeness (QED) is 0.316. The Hall–Kier alpha value is -2.40. The second-order valence-electron chi connectivity index (χ2n) is 7.22. The van der Waals surface area contributed by atoms with Crippen LogP contribution in [0.1, 0.15) is 40.5 Å². The summed E-state index contributed by atoms with van der Waals surface area (Å²) >= 11 is 10.0. The highest BCUT2D eigenvalue weighted by atomic mass is 35.5. The zero-order chi connectivity index (χ0) is 25.0. The van der Waals surface area contributed by atoms with Crippen LogP contribution in [-0.2, 0) is 28.8 Å². The molecule has 0 radical (unpaired) electrons. The summed E-state index contributed by atoms with van der Waals surface area (Å²) in [5, 5.41) is 16.2. The first-order chi connectivity index (χ1) is 14.8. The van der Waals surface area contributed by atoms with Gasteiger partial charge in [-0.25, -0.2) is 0 Å². The summed E-state index contributed by atoms with van der Waals surface area (Å²) in [4.78, 5) is 69.9. The van der Waals surface area contributed by atoms with E-state index in [9.17, 15) is 28.8 Å². The number of rotatable bonds is 9. The molecule has 4 amide bonds. The largest absolute Gasteiger partial charge is 0.480 e. The Morgan fingerprint density at radius 3 is 1.94 bits per heavy atom. The van der Waals surface area contributed by atoms with E-state index in [2.05, 4.69) is 16.0 Å². The van der Waals surface area contributed by atoms with Gasteiger partial charge in [0.05, 0.1) is 11.8 Å². The van der Waals surface area contributed by atoms with Crippen LogP contribution in [-0.4, -0.2) is 87.9 Å². The highest BCUT2D eigenvalue weighted by Gasteiger charge is 2.37. The number of halogens is 2. The molecule has 0 aromatic heterocycles. The molecule has 1 rings (SSSR count). The van der Waals surface area contributed by atoms with Crippen molar-refractivity contribution in [2.45, 2.75) is 64.7 Å². The number of likely N-dealkylation sites (tertiary alicyclic amines) is 1. The van der Waals surface area contributed by atoms with Crippen molar-refractivity contribution in [1.29, 1.82) is 0 Å². The summed E-state index contributed by atoms with van der Waals surface area (Å²) in [5.74, 6) is -3.08. The molecule has 0 spiro atoms. The third-order valence-corrected chi connectivity index (χ3v) is 5.00. The second-order valence-corrected chi connectivity index (χ2v) is 7.75. The van der Waals surface area contributed by atoms with Gasteiger partial charge in [0.1, 0.15) is 24.2 Å². The Morgan fingerprint density at radius 2 is 1.50 bits per heavy atom. The fourth-order valence-corrected chi connectivity index (χ4v) is 3.02. The van der Waals surface area contributed by atoms with Crippen molar-refractivity contribution >= 4 is 58.6 Å². The highest BCUT2D eigenvalue weighted by molar-refractivity contribution is 6.35. The van der Waals surface area contributed by atoms with E-state index in [1.54, 1.807) is 0 Å². The Morgan fingerprint density at radius 1 is 0.938 bits per heavy atom. The van der Waals surface area contributed by atoms with Gasteiger partial charge in [0.25, 0.3) is 0 Å². The van der Waals surface area contributed by atoms with Crippen molar-refractivity contribution in [3.63, 3.8) is 0 Å². The van der Waals surface area contributed by atoms with Crippen molar-refractivity contribution < 1.29 is 33.9 Å².